The molecule has 0 fully saturated rings. The molecule has 0 saturated carbocycles. The molecule has 0 aromatic heterocycles. The summed E-state index contributed by atoms with van der Waals surface area (Å²) in [4.78, 5) is 9.44. The fourth-order valence-electron chi connectivity index (χ4n) is 0. The molecule has 0 saturated heterocycles. The first-order valence-electron chi connectivity index (χ1n) is 1.93. The van der Waals surface area contributed by atoms with Crippen LogP contribution >= 0.6 is 0 Å². The van der Waals surface area contributed by atoms with Crippen molar-refractivity contribution in [2.24, 2.45) is 0 Å². The number of nitrogens with zero attached hydrogens (tertiary/aromatic N) is 1. The summed E-state index contributed by atoms with van der Waals surface area (Å²) >= 11 is 0. The van der Waals surface area contributed by atoms with Gasteiger partial charge < -0.3 is 32.2 Å². The average Bonchev–Trinajstić information content (AvgIpc) is 1.33. The van der Waals surface area contributed by atoms with E-state index in [9.17, 15) is 4.79 Å². The molecule has 0 bridgehead atoms. The van der Waals surface area contributed by atoms with Crippen molar-refractivity contribution >= 4 is 5.78 Å². The van der Waals surface area contributed by atoms with Crippen LogP contribution in [0.4, 0.5) is 0 Å². The van der Waals surface area contributed by atoms with Gasteiger partial charge in [-0.2, -0.15) is 5.26 Å². The summed E-state index contributed by atoms with van der Waals surface area (Å²) in [5.41, 5.74) is 0. The third kappa shape index (κ3) is 90500. The first kappa shape index (κ1) is 92.6. The number of carbonyl (C=O) groups is 1. The Labute approximate surface area is 107 Å². The molecule has 0 amide bonds. The van der Waals surface area contributed by atoms with Crippen molar-refractivity contribution in [1.29, 1.82) is 5.26 Å². The van der Waals surface area contributed by atoms with Crippen molar-refractivity contribution in [2.45, 2.75) is 20.8 Å². The van der Waals surface area contributed by atoms with E-state index in [0.717, 1.165) is 0 Å². The van der Waals surface area contributed by atoms with E-state index in [0.29, 0.717) is 0 Å². The minimum absolute atomic E-state index is 0. The van der Waals surface area contributed by atoms with Gasteiger partial charge >= 0.3 is 0 Å². The number of carbonyl (C=O) groups excluding carboxylic acids is 1. The van der Waals surface area contributed by atoms with Crippen molar-refractivity contribution in [2.75, 3.05) is 0 Å². The van der Waals surface area contributed by atoms with Crippen LogP contribution in [-0.2, 0) is 69.3 Å². The Balaban J connectivity index is -0.00000000344. The zero-order valence-electron chi connectivity index (χ0n) is 7.79. The molecule has 0 aliphatic rings. The molecule has 0 atom stereocenters. The Morgan fingerprint density at radius 1 is 0.929 bits per heavy atom. The van der Waals surface area contributed by atoms with Gasteiger partial charge in [0.25, 0.3) is 0 Å². The summed E-state index contributed by atoms with van der Waals surface area (Å²) in [6, 6.07) is 1.75. The van der Waals surface area contributed by atoms with Gasteiger partial charge in [0.2, 0.25) is 0 Å². The van der Waals surface area contributed by atoms with Gasteiger partial charge in [0.15, 0.2) is 0 Å². The summed E-state index contributed by atoms with van der Waals surface area (Å²) in [6.45, 7) is 4.49. The zero-order valence-corrected chi connectivity index (χ0v) is 10.6. The van der Waals surface area contributed by atoms with Crippen LogP contribution in [0.5, 0.6) is 0 Å². The molecular weight excluding hydrogens is 272 g/mol. The van der Waals surface area contributed by atoms with Crippen LogP contribution in [0, 0.1) is 11.3 Å². The Morgan fingerprint density at radius 2 is 0.929 bits per heavy atom. The third-order valence-corrected chi connectivity index (χ3v) is 0. The number of ketones is 1. The second-order valence-electron chi connectivity index (χ2n) is 1.13. The summed E-state index contributed by atoms with van der Waals surface area (Å²) in [5.74, 6) is 0.167. The third-order valence-electron chi connectivity index (χ3n) is 0. The van der Waals surface area contributed by atoms with Gasteiger partial charge in [0.05, 0.1) is 6.07 Å². The number of rotatable bonds is 0. The van der Waals surface area contributed by atoms with Gasteiger partial charge in [-0.3, -0.25) is 0 Å². The van der Waals surface area contributed by atoms with E-state index in [4.69, 9.17) is 5.26 Å². The Hall–Kier alpha value is 0.129. The van der Waals surface area contributed by atoms with Crippen molar-refractivity contribution in [1.82, 2.24) is 0 Å². The second kappa shape index (κ2) is 113. The maximum Gasteiger partial charge on any atom is 0.126 e. The largest absolute Gasteiger partial charge is 2.00 e. The number of hydrogen-bond donors (Lipinski definition) is 0. The normalized spacial score (nSPS) is 2.43. The number of nitriles is 1. The van der Waals surface area contributed by atoms with Crippen LogP contribution in [0.25, 0.3) is 0 Å². The first-order valence-corrected chi connectivity index (χ1v) is 1.93. The summed E-state index contributed by atoms with van der Waals surface area (Å²) in [7, 11) is 0. The first-order chi connectivity index (χ1) is 3.15. The molecule has 0 aliphatic carbocycles. The molecule has 90 valence electrons. The number of Topliss-reactive ketones (excluding diaryl/α,β-unsaturated/α-hetero) is 1. The van der Waals surface area contributed by atoms with Crippen LogP contribution in [0.2, 0.25) is 0 Å². The minimum atomic E-state index is 0. The predicted molar refractivity (Wildman–Crippen MR) is 31.1 cm³/mol. The molecule has 0 rings (SSSR count). The van der Waals surface area contributed by atoms with E-state index in [-0.39, 0.29) is 70.3 Å². The molecule has 0 N–H and O–H groups in total. The fraction of sp³-hybridized carbons (Fsp3) is 0.600. The average molecular weight is 281 g/mol. The monoisotopic (exact) mass is 281 g/mol. The molecule has 0 aromatic carbocycles. The molecule has 0 aromatic rings. The van der Waals surface area contributed by atoms with Crippen LogP contribution in [0.1, 0.15) is 20.8 Å². The van der Waals surface area contributed by atoms with E-state index in [1.54, 1.807) is 6.07 Å². The summed E-state index contributed by atoms with van der Waals surface area (Å²) < 4.78 is 0. The number of hydrogen-bond acceptors (Lipinski definition) is 2. The van der Waals surface area contributed by atoms with Crippen molar-refractivity contribution < 1.29 is 69.3 Å². The van der Waals surface area contributed by atoms with E-state index in [1.165, 1.54) is 20.8 Å². The van der Waals surface area contributed by atoms with Gasteiger partial charge in [-0.25, -0.2) is 0 Å². The zero-order chi connectivity index (χ0) is 6.28. The van der Waals surface area contributed by atoms with Gasteiger partial charge in [0, 0.05) is 44.0 Å². The van der Waals surface area contributed by atoms with Gasteiger partial charge in [-0.15, -0.1) is 0 Å². The van der Waals surface area contributed by atoms with Gasteiger partial charge in [-0.1, -0.05) is 0 Å². The van der Waals surface area contributed by atoms with Crippen LogP contribution < -0.4 is 0 Å². The van der Waals surface area contributed by atoms with Crippen LogP contribution in [0.15, 0.2) is 0 Å². The van der Waals surface area contributed by atoms with E-state index < -0.39 is 0 Å². The van der Waals surface area contributed by atoms with Crippen molar-refractivity contribution in [3.63, 3.8) is 0 Å². The van der Waals surface area contributed by atoms with Gasteiger partial charge in [0.1, 0.15) is 5.78 Å². The Kier molecular flexibility index (Phi) is 749. The molecule has 14 heavy (non-hydrogen) atoms. The smallest absolute Gasteiger partial charge is 0.126 e. The fourth-order valence-corrected chi connectivity index (χ4v) is 0. The molecule has 7 nitrogen and oxygen atoms in total. The van der Waals surface area contributed by atoms with Crippen molar-refractivity contribution in [3.05, 3.63) is 0 Å². The van der Waals surface area contributed by atoms with E-state index in [1.807, 2.05) is 0 Å². The molecule has 0 spiro atoms. The SMILES string of the molecule is CC#N.CC(C)=O.[O-2].[O-2].[O-2].[O-2].[O-2].[V].[V]. The van der Waals surface area contributed by atoms with E-state index in [2.05, 4.69) is 0 Å². The maximum absolute atomic E-state index is 9.44. The van der Waals surface area contributed by atoms with Crippen LogP contribution in [-0.4, -0.2) is 5.78 Å². The molecule has 0 aliphatic heterocycles. The molecule has 0 unspecified atom stereocenters. The van der Waals surface area contributed by atoms with E-state index >= 15 is 0 Å². The second-order valence-corrected chi connectivity index (χ2v) is 1.13. The van der Waals surface area contributed by atoms with Crippen LogP contribution in [0.3, 0.4) is 0 Å². The maximum atomic E-state index is 9.44. The molecule has 2 radical (unpaired) electrons. The summed E-state index contributed by atoms with van der Waals surface area (Å²) in [6.07, 6.45) is 0. The molecule has 9 heteroatoms. The Morgan fingerprint density at radius 3 is 0.929 bits per heavy atom. The summed E-state index contributed by atoms with van der Waals surface area (Å²) in [5, 5.41) is 7.32. The topological polar surface area (TPSA) is 183 Å². The molecule has 0 heterocycles. The standard InChI is InChI=1S/C3H6O.C2H3N.5O.2V/c1-3(2)4;1-2-3;;;;;;;/h1-2H3;1H3;;;;;;;/q;;5*-2;;. The van der Waals surface area contributed by atoms with Crippen molar-refractivity contribution in [3.8, 4) is 6.07 Å². The minimum Gasteiger partial charge on any atom is -2.00 e. The van der Waals surface area contributed by atoms with Gasteiger partial charge in [-0.05, 0) is 13.8 Å². The Bertz CT molecular complexity index is 92.7. The molecular formula is C5H9NO6V2-10. The predicted octanol–water partition coefficient (Wildman–Crippen LogP) is 0.526. The quantitative estimate of drug-likeness (QED) is 0.627.